The number of piperidine rings is 1. The van der Waals surface area contributed by atoms with Crippen molar-refractivity contribution in [2.45, 2.75) is 65.8 Å². The molecule has 2 amide bonds. The topological polar surface area (TPSA) is 60.9 Å². The third kappa shape index (κ3) is 4.90. The maximum Gasteiger partial charge on any atom is 0.320 e. The fourth-order valence-corrected chi connectivity index (χ4v) is 2.69. The maximum absolute atomic E-state index is 12.7. The Morgan fingerprint density at radius 2 is 1.76 bits per heavy atom. The average Bonchev–Trinajstić information content (AvgIpc) is 2.37. The number of hydrogen-bond acceptors (Lipinski definition) is 2. The molecule has 122 valence electrons. The molecule has 0 spiro atoms. The van der Waals surface area contributed by atoms with Crippen molar-refractivity contribution in [1.82, 2.24) is 9.80 Å². The third-order valence-corrected chi connectivity index (χ3v) is 4.68. The van der Waals surface area contributed by atoms with Gasteiger partial charge in [-0.05, 0) is 39.0 Å². The molecule has 1 heterocycles. The number of carboxylic acids is 1. The van der Waals surface area contributed by atoms with E-state index in [1.54, 1.807) is 4.90 Å². The number of urea groups is 1. The minimum Gasteiger partial charge on any atom is -0.481 e. The molecule has 1 rings (SSSR count). The molecule has 0 saturated carbocycles. The van der Waals surface area contributed by atoms with Crippen molar-refractivity contribution in [2.75, 3.05) is 19.6 Å². The van der Waals surface area contributed by atoms with Crippen LogP contribution >= 0.6 is 0 Å². The molecule has 5 heteroatoms. The largest absolute Gasteiger partial charge is 0.481 e. The van der Waals surface area contributed by atoms with E-state index in [1.165, 1.54) is 0 Å². The van der Waals surface area contributed by atoms with E-state index in [0.717, 1.165) is 32.4 Å². The average molecular weight is 298 g/mol. The molecule has 0 aromatic heterocycles. The fraction of sp³-hybridized carbons (Fsp3) is 0.875. The summed E-state index contributed by atoms with van der Waals surface area (Å²) in [6, 6.07) is -0.0260. The lowest BCUT2D eigenvalue weighted by Gasteiger charge is -2.44. The van der Waals surface area contributed by atoms with Crippen LogP contribution in [0.1, 0.15) is 60.3 Å². The Bertz CT molecular complexity index is 379. The summed E-state index contributed by atoms with van der Waals surface area (Å²) in [6.07, 6.45) is 3.17. The first-order valence-electron chi connectivity index (χ1n) is 7.87. The van der Waals surface area contributed by atoms with Crippen LogP contribution in [0, 0.1) is 5.41 Å². The van der Waals surface area contributed by atoms with Crippen LogP contribution in [0.15, 0.2) is 0 Å². The standard InChI is InChI=1S/C16H30N2O3/c1-6-16(5)8-11-17(12-9-16)14(21)18(15(2,3)4)10-7-13(19)20/h6-12H2,1-5H3,(H,19,20). The molecule has 0 aromatic carbocycles. The Morgan fingerprint density at radius 3 is 2.14 bits per heavy atom. The SMILES string of the molecule is CCC1(C)CCN(C(=O)N(CCC(=O)O)C(C)(C)C)CC1. The molecule has 1 fully saturated rings. The first-order chi connectivity index (χ1) is 9.59. The molecular weight excluding hydrogens is 268 g/mol. The molecule has 1 aliphatic rings. The molecular formula is C16H30N2O3. The number of rotatable bonds is 4. The first-order valence-corrected chi connectivity index (χ1v) is 7.87. The fourth-order valence-electron chi connectivity index (χ4n) is 2.69. The van der Waals surface area contributed by atoms with Crippen LogP contribution in [0.25, 0.3) is 0 Å². The zero-order chi connectivity index (χ0) is 16.3. The lowest BCUT2D eigenvalue weighted by atomic mass is 9.78. The van der Waals surface area contributed by atoms with Crippen molar-refractivity contribution in [3.05, 3.63) is 0 Å². The number of nitrogens with zero attached hydrogens (tertiary/aromatic N) is 2. The summed E-state index contributed by atoms with van der Waals surface area (Å²) >= 11 is 0. The minimum atomic E-state index is -0.866. The van der Waals surface area contributed by atoms with Gasteiger partial charge in [-0.2, -0.15) is 0 Å². The summed E-state index contributed by atoms with van der Waals surface area (Å²) in [6.45, 7) is 12.1. The first kappa shape index (κ1) is 17.8. The van der Waals surface area contributed by atoms with Gasteiger partial charge in [-0.1, -0.05) is 20.3 Å². The summed E-state index contributed by atoms with van der Waals surface area (Å²) in [5.41, 5.74) is -0.0254. The van der Waals surface area contributed by atoms with Crippen LogP contribution in [-0.4, -0.2) is 52.1 Å². The van der Waals surface area contributed by atoms with E-state index in [1.807, 2.05) is 25.7 Å². The Kier molecular flexibility index (Phi) is 5.65. The van der Waals surface area contributed by atoms with Crippen molar-refractivity contribution in [1.29, 1.82) is 0 Å². The summed E-state index contributed by atoms with van der Waals surface area (Å²) in [5.74, 6) is -0.866. The van der Waals surface area contributed by atoms with E-state index in [9.17, 15) is 9.59 Å². The lowest BCUT2D eigenvalue weighted by molar-refractivity contribution is -0.137. The molecule has 0 atom stereocenters. The van der Waals surface area contributed by atoms with Gasteiger partial charge in [0.25, 0.3) is 0 Å². The molecule has 0 radical (unpaired) electrons. The normalized spacial score (nSPS) is 18.4. The molecule has 0 aromatic rings. The van der Waals surface area contributed by atoms with Gasteiger partial charge >= 0.3 is 12.0 Å². The summed E-state index contributed by atoms with van der Waals surface area (Å²) in [4.78, 5) is 27.1. The van der Waals surface area contributed by atoms with Crippen molar-refractivity contribution in [2.24, 2.45) is 5.41 Å². The van der Waals surface area contributed by atoms with Gasteiger partial charge < -0.3 is 14.9 Å². The van der Waals surface area contributed by atoms with E-state index < -0.39 is 5.97 Å². The highest BCUT2D eigenvalue weighted by Gasteiger charge is 2.35. The molecule has 21 heavy (non-hydrogen) atoms. The predicted octanol–water partition coefficient (Wildman–Crippen LogP) is 3.19. The van der Waals surface area contributed by atoms with Crippen molar-refractivity contribution < 1.29 is 14.7 Å². The van der Waals surface area contributed by atoms with Gasteiger partial charge in [-0.25, -0.2) is 4.79 Å². The Hall–Kier alpha value is -1.26. The Balaban J connectivity index is 2.71. The summed E-state index contributed by atoms with van der Waals surface area (Å²) in [7, 11) is 0. The van der Waals surface area contributed by atoms with Crippen LogP contribution in [-0.2, 0) is 4.79 Å². The van der Waals surface area contributed by atoms with Gasteiger partial charge in [0, 0.05) is 25.2 Å². The molecule has 0 unspecified atom stereocenters. The predicted molar refractivity (Wildman–Crippen MR) is 83.3 cm³/mol. The van der Waals surface area contributed by atoms with Gasteiger partial charge in [0.2, 0.25) is 0 Å². The second kappa shape index (κ2) is 6.67. The van der Waals surface area contributed by atoms with E-state index in [0.29, 0.717) is 5.41 Å². The molecule has 1 N–H and O–H groups in total. The van der Waals surface area contributed by atoms with Gasteiger partial charge in [0.15, 0.2) is 0 Å². The molecule has 0 bridgehead atoms. The van der Waals surface area contributed by atoms with Gasteiger partial charge in [0.05, 0.1) is 6.42 Å². The number of carboxylic acid groups (broad SMARTS) is 1. The van der Waals surface area contributed by atoms with E-state index in [-0.39, 0.29) is 24.5 Å². The van der Waals surface area contributed by atoms with Gasteiger partial charge in [0.1, 0.15) is 0 Å². The van der Waals surface area contributed by atoms with Crippen LogP contribution in [0.2, 0.25) is 0 Å². The number of amides is 2. The lowest BCUT2D eigenvalue weighted by Crippen LogP contribution is -2.54. The summed E-state index contributed by atoms with van der Waals surface area (Å²) in [5, 5.41) is 8.87. The van der Waals surface area contributed by atoms with Crippen LogP contribution in [0.3, 0.4) is 0 Å². The molecule has 1 saturated heterocycles. The monoisotopic (exact) mass is 298 g/mol. The van der Waals surface area contributed by atoms with Crippen LogP contribution < -0.4 is 0 Å². The van der Waals surface area contributed by atoms with E-state index in [2.05, 4.69) is 13.8 Å². The zero-order valence-corrected chi connectivity index (χ0v) is 14.1. The van der Waals surface area contributed by atoms with Crippen molar-refractivity contribution in [3.63, 3.8) is 0 Å². The number of aliphatic carboxylic acids is 1. The van der Waals surface area contributed by atoms with Crippen LogP contribution in [0.5, 0.6) is 0 Å². The highest BCUT2D eigenvalue weighted by Crippen LogP contribution is 2.34. The third-order valence-electron chi connectivity index (χ3n) is 4.68. The molecule has 1 aliphatic heterocycles. The smallest absolute Gasteiger partial charge is 0.320 e. The van der Waals surface area contributed by atoms with Crippen molar-refractivity contribution >= 4 is 12.0 Å². The van der Waals surface area contributed by atoms with Crippen LogP contribution in [0.4, 0.5) is 4.79 Å². The number of carbonyl (C=O) groups excluding carboxylic acids is 1. The highest BCUT2D eigenvalue weighted by molar-refractivity contribution is 5.76. The van der Waals surface area contributed by atoms with Gasteiger partial charge in [-0.15, -0.1) is 0 Å². The van der Waals surface area contributed by atoms with E-state index in [4.69, 9.17) is 5.11 Å². The second-order valence-electron chi connectivity index (χ2n) is 7.40. The molecule has 5 nitrogen and oxygen atoms in total. The quantitative estimate of drug-likeness (QED) is 0.867. The Labute approximate surface area is 128 Å². The number of hydrogen-bond donors (Lipinski definition) is 1. The zero-order valence-electron chi connectivity index (χ0n) is 14.1. The van der Waals surface area contributed by atoms with E-state index >= 15 is 0 Å². The minimum absolute atomic E-state index is 0.0104. The molecule has 0 aliphatic carbocycles. The van der Waals surface area contributed by atoms with Crippen molar-refractivity contribution in [3.8, 4) is 0 Å². The second-order valence-corrected chi connectivity index (χ2v) is 7.40. The Morgan fingerprint density at radius 1 is 1.24 bits per heavy atom. The number of likely N-dealkylation sites (tertiary alicyclic amines) is 1. The summed E-state index contributed by atoms with van der Waals surface area (Å²) < 4.78 is 0. The number of carbonyl (C=O) groups is 2. The maximum atomic E-state index is 12.7. The highest BCUT2D eigenvalue weighted by atomic mass is 16.4. The van der Waals surface area contributed by atoms with Gasteiger partial charge in [-0.3, -0.25) is 4.79 Å².